The van der Waals surface area contributed by atoms with Crippen LogP contribution >= 0.6 is 0 Å². The van der Waals surface area contributed by atoms with Gasteiger partial charge in [-0.2, -0.15) is 0 Å². The summed E-state index contributed by atoms with van der Waals surface area (Å²) in [5.74, 6) is -0.880. The highest BCUT2D eigenvalue weighted by Crippen LogP contribution is 2.45. The second-order valence-corrected chi connectivity index (χ2v) is 11.1. The number of amides is 1. The molecule has 0 radical (unpaired) electrons. The third-order valence-corrected chi connectivity index (χ3v) is 7.57. The number of benzene rings is 3. The molecular weight excluding hydrogens is 488 g/mol. The molecule has 6 nitrogen and oxygen atoms in total. The first-order chi connectivity index (χ1) is 18.6. The Labute approximate surface area is 229 Å². The summed E-state index contributed by atoms with van der Waals surface area (Å²) in [4.78, 5) is 28.9. The molecule has 200 valence electrons. The number of aryl methyl sites for hydroxylation is 2. The first-order valence-corrected chi connectivity index (χ1v) is 13.2. The lowest BCUT2D eigenvalue weighted by molar-refractivity contribution is -0.132. The maximum Gasteiger partial charge on any atom is 0.300 e. The van der Waals surface area contributed by atoms with Crippen molar-refractivity contribution in [3.8, 4) is 5.75 Å². The number of methoxy groups -OCH3 is 1. The van der Waals surface area contributed by atoms with E-state index in [-0.39, 0.29) is 16.7 Å². The predicted molar refractivity (Wildman–Crippen MR) is 155 cm³/mol. The molecule has 1 aliphatic heterocycles. The van der Waals surface area contributed by atoms with Crippen LogP contribution in [0.15, 0.2) is 78.5 Å². The van der Waals surface area contributed by atoms with E-state index >= 15 is 0 Å². The number of ether oxygens (including phenoxy) is 1. The summed E-state index contributed by atoms with van der Waals surface area (Å²) in [5, 5.41) is 12.7. The molecule has 2 heterocycles. The van der Waals surface area contributed by atoms with Crippen molar-refractivity contribution >= 4 is 34.0 Å². The molecule has 1 atom stereocenters. The minimum atomic E-state index is -0.802. The Morgan fingerprint density at radius 3 is 2.33 bits per heavy atom. The topological polar surface area (TPSA) is 71.8 Å². The zero-order valence-corrected chi connectivity index (χ0v) is 23.3. The maximum absolute atomic E-state index is 13.7. The fraction of sp³-hybridized carbons (Fsp3) is 0.273. The largest absolute Gasteiger partial charge is 0.507 e. The van der Waals surface area contributed by atoms with Crippen molar-refractivity contribution in [1.29, 1.82) is 0 Å². The quantitative estimate of drug-likeness (QED) is 0.180. The van der Waals surface area contributed by atoms with Crippen molar-refractivity contribution in [1.82, 2.24) is 4.57 Å². The number of aliphatic hydroxyl groups excluding tert-OH is 1. The van der Waals surface area contributed by atoms with Crippen LogP contribution in [0, 0.1) is 0 Å². The summed E-state index contributed by atoms with van der Waals surface area (Å²) >= 11 is 0. The van der Waals surface area contributed by atoms with Gasteiger partial charge in [-0.05, 0) is 53.8 Å². The van der Waals surface area contributed by atoms with Gasteiger partial charge < -0.3 is 14.4 Å². The highest BCUT2D eigenvalue weighted by Gasteiger charge is 2.48. The summed E-state index contributed by atoms with van der Waals surface area (Å²) < 4.78 is 7.56. The van der Waals surface area contributed by atoms with Gasteiger partial charge in [-0.15, -0.1) is 0 Å². The molecule has 1 fully saturated rings. The highest BCUT2D eigenvalue weighted by molar-refractivity contribution is 6.51. The Hall–Kier alpha value is -4.32. The molecule has 0 saturated carbocycles. The van der Waals surface area contributed by atoms with Crippen LogP contribution in [0.3, 0.4) is 0 Å². The summed E-state index contributed by atoms with van der Waals surface area (Å²) in [6, 6.07) is 20.1. The lowest BCUT2D eigenvalue weighted by atomic mass is 9.84. The molecule has 0 spiro atoms. The molecular formula is C33H34N2O4. The minimum absolute atomic E-state index is 0.0703. The lowest BCUT2D eigenvalue weighted by Gasteiger charge is -2.26. The van der Waals surface area contributed by atoms with Gasteiger partial charge in [0, 0.05) is 46.5 Å². The van der Waals surface area contributed by atoms with Gasteiger partial charge in [0.15, 0.2) is 0 Å². The third-order valence-electron chi connectivity index (χ3n) is 7.57. The molecule has 1 aromatic heterocycles. The van der Waals surface area contributed by atoms with Gasteiger partial charge in [0.25, 0.3) is 11.7 Å². The zero-order chi connectivity index (χ0) is 28.1. The lowest BCUT2D eigenvalue weighted by Crippen LogP contribution is -2.29. The van der Waals surface area contributed by atoms with Crippen LogP contribution in [-0.2, 0) is 28.5 Å². The number of para-hydroxylation sites is 1. The van der Waals surface area contributed by atoms with Crippen molar-refractivity contribution in [2.45, 2.75) is 45.6 Å². The van der Waals surface area contributed by atoms with Crippen molar-refractivity contribution in [2.75, 3.05) is 12.0 Å². The van der Waals surface area contributed by atoms with Crippen molar-refractivity contribution in [2.24, 2.45) is 7.05 Å². The van der Waals surface area contributed by atoms with E-state index < -0.39 is 17.7 Å². The van der Waals surface area contributed by atoms with E-state index in [0.29, 0.717) is 17.0 Å². The standard InChI is InChI=1S/C33H34N2O4/c1-7-20-12-15-22(16-13-20)35-29(24-19-34(5)26-11-9-8-10-23(24)26)28(31(37)32(35)38)30(36)21-14-17-27(39-6)25(18-21)33(2,3)4/h8-19,29,36H,7H2,1-6H3/b30-28+. The fourth-order valence-corrected chi connectivity index (χ4v) is 5.47. The van der Waals surface area contributed by atoms with Crippen LogP contribution in [0.4, 0.5) is 5.69 Å². The van der Waals surface area contributed by atoms with E-state index in [9.17, 15) is 14.7 Å². The molecule has 4 aromatic rings. The van der Waals surface area contributed by atoms with Crippen molar-refractivity contribution in [3.63, 3.8) is 0 Å². The van der Waals surface area contributed by atoms with Gasteiger partial charge in [0.2, 0.25) is 0 Å². The molecule has 6 heteroatoms. The predicted octanol–water partition coefficient (Wildman–Crippen LogP) is 6.67. The average Bonchev–Trinajstić information content (AvgIpc) is 3.40. The van der Waals surface area contributed by atoms with E-state index in [0.717, 1.165) is 34.0 Å². The number of carbonyl (C=O) groups excluding carboxylic acids is 2. The highest BCUT2D eigenvalue weighted by atomic mass is 16.5. The Kier molecular flexibility index (Phi) is 6.59. The molecule has 1 aliphatic rings. The number of aliphatic hydroxyl groups is 1. The van der Waals surface area contributed by atoms with Crippen molar-refractivity contribution in [3.05, 3.63) is 101 Å². The molecule has 39 heavy (non-hydrogen) atoms. The van der Waals surface area contributed by atoms with E-state index in [1.165, 1.54) is 4.90 Å². The number of nitrogens with zero attached hydrogens (tertiary/aromatic N) is 2. The Morgan fingerprint density at radius 1 is 1.00 bits per heavy atom. The van der Waals surface area contributed by atoms with Crippen LogP contribution in [0.5, 0.6) is 5.75 Å². The van der Waals surface area contributed by atoms with Gasteiger partial charge in [0.05, 0.1) is 18.7 Å². The smallest absolute Gasteiger partial charge is 0.300 e. The van der Waals surface area contributed by atoms with Crippen LogP contribution < -0.4 is 9.64 Å². The average molecular weight is 523 g/mol. The van der Waals surface area contributed by atoms with Crippen LogP contribution in [0.1, 0.15) is 56.0 Å². The summed E-state index contributed by atoms with van der Waals surface area (Å²) in [6.07, 6.45) is 2.80. The van der Waals surface area contributed by atoms with E-state index in [2.05, 4.69) is 27.7 Å². The number of aromatic nitrogens is 1. The Bertz CT molecular complexity index is 1620. The zero-order valence-electron chi connectivity index (χ0n) is 23.3. The van der Waals surface area contributed by atoms with Crippen LogP contribution in [0.2, 0.25) is 0 Å². The SMILES string of the molecule is CCc1ccc(N2C(=O)C(=O)/C(=C(/O)c3ccc(OC)c(C(C)(C)C)c3)C2c2cn(C)c3ccccc23)cc1. The molecule has 0 bridgehead atoms. The second-order valence-electron chi connectivity index (χ2n) is 11.1. The maximum atomic E-state index is 13.7. The van der Waals surface area contributed by atoms with Crippen molar-refractivity contribution < 1.29 is 19.4 Å². The third kappa shape index (κ3) is 4.40. The monoisotopic (exact) mass is 522 g/mol. The molecule has 3 aromatic carbocycles. The summed E-state index contributed by atoms with van der Waals surface area (Å²) in [7, 11) is 3.55. The number of rotatable bonds is 5. The molecule has 5 rings (SSSR count). The normalized spacial score (nSPS) is 17.3. The fourth-order valence-electron chi connectivity index (χ4n) is 5.47. The van der Waals surface area contributed by atoms with Gasteiger partial charge in [-0.1, -0.05) is 58.0 Å². The van der Waals surface area contributed by atoms with E-state index in [4.69, 9.17) is 4.74 Å². The molecule has 1 amide bonds. The number of anilines is 1. The molecule has 1 unspecified atom stereocenters. The number of Topliss-reactive ketones (excluding diaryl/α,β-unsaturated/α-hetero) is 1. The number of fused-ring (bicyclic) bond motifs is 1. The number of hydrogen-bond donors (Lipinski definition) is 1. The van der Waals surface area contributed by atoms with Gasteiger partial charge in [0.1, 0.15) is 11.5 Å². The van der Waals surface area contributed by atoms with Crippen LogP contribution in [0.25, 0.3) is 16.7 Å². The van der Waals surface area contributed by atoms with Gasteiger partial charge in [-0.25, -0.2) is 0 Å². The number of hydrogen-bond acceptors (Lipinski definition) is 4. The summed E-state index contributed by atoms with van der Waals surface area (Å²) in [6.45, 7) is 8.25. The molecule has 0 aliphatic carbocycles. The second kappa shape index (κ2) is 9.77. The van der Waals surface area contributed by atoms with Crippen LogP contribution in [-0.4, -0.2) is 28.5 Å². The number of carbonyl (C=O) groups is 2. The summed E-state index contributed by atoms with van der Waals surface area (Å²) in [5.41, 5.74) is 4.63. The Morgan fingerprint density at radius 2 is 1.69 bits per heavy atom. The minimum Gasteiger partial charge on any atom is -0.507 e. The number of ketones is 1. The first-order valence-electron chi connectivity index (χ1n) is 13.2. The molecule has 1 N–H and O–H groups in total. The van der Waals surface area contributed by atoms with Gasteiger partial charge in [-0.3, -0.25) is 14.5 Å². The Balaban J connectivity index is 1.78. The molecule has 1 saturated heterocycles. The van der Waals surface area contributed by atoms with E-state index in [1.54, 1.807) is 19.2 Å². The van der Waals surface area contributed by atoms with Gasteiger partial charge >= 0.3 is 0 Å². The van der Waals surface area contributed by atoms with E-state index in [1.807, 2.05) is 72.4 Å². The first kappa shape index (κ1) is 26.3.